The van der Waals surface area contributed by atoms with Crippen molar-refractivity contribution in [1.82, 2.24) is 14.1 Å². The molecule has 1 saturated heterocycles. The Morgan fingerprint density at radius 2 is 1.77 bits per heavy atom. The average molecular weight is 621 g/mol. The maximum absolute atomic E-state index is 15.3. The topological polar surface area (TPSA) is 124 Å². The van der Waals surface area contributed by atoms with E-state index in [2.05, 4.69) is 15.2 Å². The van der Waals surface area contributed by atoms with Gasteiger partial charge in [0.15, 0.2) is 17.3 Å². The zero-order chi connectivity index (χ0) is 31.4. The van der Waals surface area contributed by atoms with Crippen LogP contribution in [-0.2, 0) is 0 Å². The van der Waals surface area contributed by atoms with Gasteiger partial charge in [-0.2, -0.15) is 11.8 Å². The van der Waals surface area contributed by atoms with Crippen molar-refractivity contribution in [2.45, 2.75) is 19.9 Å². The molecule has 0 aliphatic carbocycles. The summed E-state index contributed by atoms with van der Waals surface area (Å²) in [4.78, 5) is 46.3. The first-order valence-corrected chi connectivity index (χ1v) is 15.0. The van der Waals surface area contributed by atoms with Crippen LogP contribution in [0, 0.1) is 11.6 Å². The molecule has 2 aromatic heterocycles. The lowest BCUT2D eigenvalue weighted by molar-refractivity contribution is 0.102. The third-order valence-corrected chi connectivity index (χ3v) is 7.85. The molecule has 4 aromatic rings. The molecule has 3 N–H and O–H groups in total. The number of nitrogens with one attached hydrogen (secondary N) is 1. The van der Waals surface area contributed by atoms with Crippen LogP contribution in [0.25, 0.3) is 11.8 Å². The van der Waals surface area contributed by atoms with Crippen LogP contribution >= 0.6 is 11.8 Å². The first kappa shape index (κ1) is 30.5. The Kier molecular flexibility index (Phi) is 9.14. The minimum atomic E-state index is -0.906. The lowest BCUT2D eigenvalue weighted by Crippen LogP contribution is -2.42. The van der Waals surface area contributed by atoms with Crippen molar-refractivity contribution >= 4 is 35.1 Å². The number of benzene rings is 2. The Labute approximate surface area is 255 Å². The quantitative estimate of drug-likeness (QED) is 0.289. The molecule has 0 atom stereocenters. The minimum absolute atomic E-state index is 0.0506. The zero-order valence-electron chi connectivity index (χ0n) is 24.0. The number of amides is 1. The Balaban J connectivity index is 1.42. The Morgan fingerprint density at radius 3 is 2.43 bits per heavy atom. The molecule has 0 unspecified atom stereocenters. The number of aromatic nitrogens is 3. The van der Waals surface area contributed by atoms with Gasteiger partial charge in [0.25, 0.3) is 11.5 Å². The van der Waals surface area contributed by atoms with E-state index < -0.39 is 34.8 Å². The number of ether oxygens (including phenoxy) is 1. The number of anilines is 2. The van der Waals surface area contributed by atoms with E-state index in [4.69, 9.17) is 10.5 Å². The second kappa shape index (κ2) is 13.2. The van der Waals surface area contributed by atoms with Crippen LogP contribution in [0.15, 0.2) is 76.7 Å². The summed E-state index contributed by atoms with van der Waals surface area (Å²) in [6, 6.07) is 9.94. The summed E-state index contributed by atoms with van der Waals surface area (Å²) in [5.74, 6) is -0.0274. The summed E-state index contributed by atoms with van der Waals surface area (Å²) in [5, 5.41) is 2.52. The monoisotopic (exact) mass is 620 g/mol. The maximum atomic E-state index is 15.3. The molecule has 1 aliphatic heterocycles. The largest absolute Gasteiger partial charge is 0.452 e. The summed E-state index contributed by atoms with van der Waals surface area (Å²) in [6.45, 7) is 5.12. The van der Waals surface area contributed by atoms with Crippen molar-refractivity contribution < 1.29 is 18.3 Å². The van der Waals surface area contributed by atoms with Crippen molar-refractivity contribution in [3.63, 3.8) is 0 Å². The Bertz CT molecular complexity index is 1830. The highest BCUT2D eigenvalue weighted by molar-refractivity contribution is 7.99. The van der Waals surface area contributed by atoms with Crippen molar-refractivity contribution in [3.05, 3.63) is 111 Å². The fourth-order valence-corrected chi connectivity index (χ4v) is 5.53. The Hall–Kier alpha value is -4.91. The lowest BCUT2D eigenvalue weighted by atomic mass is 10.2. The van der Waals surface area contributed by atoms with Gasteiger partial charge < -0.3 is 20.7 Å². The van der Waals surface area contributed by atoms with Crippen LogP contribution in [-0.4, -0.2) is 44.6 Å². The second-order valence-electron chi connectivity index (χ2n) is 10.2. The highest BCUT2D eigenvalue weighted by Crippen LogP contribution is 2.32. The SMILES string of the molecule is CC(C)n1cc(C(=O)Nc2ccc(Oc3cc(N4CCSCC4)cnc3C=CN)c(F)c2)c(=O)n(-c2ccc(F)cc2)c1=O. The van der Waals surface area contributed by atoms with Gasteiger partial charge in [0.1, 0.15) is 17.1 Å². The predicted octanol–water partition coefficient (Wildman–Crippen LogP) is 4.78. The molecular formula is C31H30F2N6O4S. The first-order valence-electron chi connectivity index (χ1n) is 13.8. The van der Waals surface area contributed by atoms with E-state index in [0.29, 0.717) is 11.4 Å². The molecule has 44 heavy (non-hydrogen) atoms. The standard InChI is InChI=1S/C31H30F2N6O4S/c1-19(2)38-18-24(30(41)39(31(38)42)22-6-3-20(32)4-7-22)29(40)36-21-5-8-27(25(33)15-21)43-28-16-23(17-35-26(28)9-10-34)37-11-13-44-14-12-37/h3-10,15-19H,11-14,34H2,1-2H3,(H,36,40). The lowest BCUT2D eigenvalue weighted by Gasteiger charge is -2.28. The van der Waals surface area contributed by atoms with Crippen molar-refractivity contribution in [2.75, 3.05) is 34.8 Å². The van der Waals surface area contributed by atoms with Gasteiger partial charge in [0.2, 0.25) is 0 Å². The number of pyridine rings is 1. The van der Waals surface area contributed by atoms with Gasteiger partial charge in [0.05, 0.1) is 17.6 Å². The number of hydrogen-bond acceptors (Lipinski definition) is 8. The summed E-state index contributed by atoms with van der Waals surface area (Å²) < 4.78 is 36.7. The van der Waals surface area contributed by atoms with Crippen molar-refractivity contribution in [3.8, 4) is 17.2 Å². The molecule has 1 aliphatic rings. The van der Waals surface area contributed by atoms with Crippen LogP contribution < -0.4 is 31.9 Å². The van der Waals surface area contributed by atoms with E-state index in [0.717, 1.165) is 59.2 Å². The minimum Gasteiger partial charge on any atom is -0.452 e. The fourth-order valence-electron chi connectivity index (χ4n) is 4.63. The van der Waals surface area contributed by atoms with Gasteiger partial charge in [0, 0.05) is 54.7 Å². The summed E-state index contributed by atoms with van der Waals surface area (Å²) in [7, 11) is 0. The number of nitrogens with two attached hydrogens (primary N) is 1. The van der Waals surface area contributed by atoms with E-state index in [9.17, 15) is 18.8 Å². The number of carbonyl (C=O) groups excluding carboxylic acids is 1. The molecule has 0 saturated carbocycles. The number of hydrogen-bond donors (Lipinski definition) is 2. The molecule has 3 heterocycles. The summed E-state index contributed by atoms with van der Waals surface area (Å²) in [5.41, 5.74) is 5.02. The highest BCUT2D eigenvalue weighted by atomic mass is 32.2. The smallest absolute Gasteiger partial charge is 0.335 e. The molecule has 5 rings (SSSR count). The molecule has 2 aromatic carbocycles. The van der Waals surface area contributed by atoms with Gasteiger partial charge in [-0.1, -0.05) is 0 Å². The third-order valence-electron chi connectivity index (χ3n) is 6.91. The van der Waals surface area contributed by atoms with Crippen molar-refractivity contribution in [1.29, 1.82) is 0 Å². The number of nitrogens with zero attached hydrogens (tertiary/aromatic N) is 4. The number of thioether (sulfide) groups is 1. The summed E-state index contributed by atoms with van der Waals surface area (Å²) in [6.07, 6.45) is 5.74. The van der Waals surface area contributed by atoms with Gasteiger partial charge in [-0.05, 0) is 62.5 Å². The van der Waals surface area contributed by atoms with E-state index in [1.807, 2.05) is 11.8 Å². The molecule has 0 bridgehead atoms. The van der Waals surface area contributed by atoms with Crippen LogP contribution in [0.5, 0.6) is 11.5 Å². The van der Waals surface area contributed by atoms with Gasteiger partial charge >= 0.3 is 5.69 Å². The molecule has 0 spiro atoms. The zero-order valence-corrected chi connectivity index (χ0v) is 24.8. The van der Waals surface area contributed by atoms with Crippen LogP contribution in [0.4, 0.5) is 20.2 Å². The first-order chi connectivity index (χ1) is 21.2. The number of rotatable bonds is 8. The number of halogens is 2. The molecular weight excluding hydrogens is 590 g/mol. The molecule has 1 fully saturated rings. The molecule has 0 radical (unpaired) electrons. The van der Waals surface area contributed by atoms with Crippen molar-refractivity contribution in [2.24, 2.45) is 5.73 Å². The maximum Gasteiger partial charge on any atom is 0.335 e. The van der Waals surface area contributed by atoms with E-state index in [-0.39, 0.29) is 22.7 Å². The van der Waals surface area contributed by atoms with Gasteiger partial charge in [-0.15, -0.1) is 0 Å². The third kappa shape index (κ3) is 6.52. The molecule has 228 valence electrons. The van der Waals surface area contributed by atoms with Crippen LogP contribution in [0.1, 0.15) is 35.9 Å². The Morgan fingerprint density at radius 1 is 1.05 bits per heavy atom. The predicted molar refractivity (Wildman–Crippen MR) is 168 cm³/mol. The molecule has 10 nitrogen and oxygen atoms in total. The van der Waals surface area contributed by atoms with E-state index in [1.165, 1.54) is 35.0 Å². The van der Waals surface area contributed by atoms with Crippen LogP contribution in [0.2, 0.25) is 0 Å². The highest BCUT2D eigenvalue weighted by Gasteiger charge is 2.21. The van der Waals surface area contributed by atoms with E-state index >= 15 is 4.39 Å². The van der Waals surface area contributed by atoms with Gasteiger partial charge in [-0.25, -0.2) is 18.1 Å². The fraction of sp³-hybridized carbons (Fsp3) is 0.226. The normalized spacial score (nSPS) is 13.4. The summed E-state index contributed by atoms with van der Waals surface area (Å²) >= 11 is 1.87. The average Bonchev–Trinajstić information content (AvgIpc) is 3.00. The second-order valence-corrected chi connectivity index (χ2v) is 11.4. The molecule has 1 amide bonds. The number of carbonyl (C=O) groups is 1. The molecule has 13 heteroatoms. The van der Waals surface area contributed by atoms with Crippen LogP contribution in [0.3, 0.4) is 0 Å². The van der Waals surface area contributed by atoms with Gasteiger partial charge in [-0.3, -0.25) is 19.1 Å². The van der Waals surface area contributed by atoms with E-state index in [1.54, 1.807) is 32.2 Å².